The van der Waals surface area contributed by atoms with E-state index >= 15 is 0 Å². The first-order valence-electron chi connectivity index (χ1n) is 6.95. The van der Waals surface area contributed by atoms with Gasteiger partial charge >= 0.3 is 0 Å². The van der Waals surface area contributed by atoms with Gasteiger partial charge in [0.25, 0.3) is 5.91 Å². The first-order valence-corrected chi connectivity index (χ1v) is 6.95. The van der Waals surface area contributed by atoms with Gasteiger partial charge in [-0.15, -0.1) is 12.4 Å². The Balaban J connectivity index is 0.00000225. The highest BCUT2D eigenvalue weighted by Gasteiger charge is 2.45. The molecule has 10 N–H and O–H groups in total. The molecule has 0 saturated carbocycles. The number of nitrogens with one attached hydrogen (secondary N) is 1. The Morgan fingerprint density at radius 1 is 1.36 bits per heavy atom. The molecule has 1 aliphatic heterocycles. The fourth-order valence-corrected chi connectivity index (χ4v) is 2.88. The van der Waals surface area contributed by atoms with Crippen molar-refractivity contribution < 1.29 is 24.9 Å². The largest absolute Gasteiger partial charge is 0.394 e. The number of carbonyl (C=O) groups excluding carboxylic acids is 1. The number of fused-ring (bicyclic) bond motifs is 1. The van der Waals surface area contributed by atoms with E-state index in [9.17, 15) is 20.1 Å². The molecule has 12 nitrogen and oxygen atoms in total. The molecular weight excluding hydrogens is 358 g/mol. The molecule has 1 saturated heterocycles. The van der Waals surface area contributed by atoms with Crippen molar-refractivity contribution in [2.75, 3.05) is 17.8 Å². The maximum absolute atomic E-state index is 11.9. The van der Waals surface area contributed by atoms with Crippen LogP contribution in [0.15, 0.2) is 6.33 Å². The molecule has 1 amide bonds. The Morgan fingerprint density at radius 3 is 2.56 bits per heavy atom. The summed E-state index contributed by atoms with van der Waals surface area (Å²) in [5.74, 6) is 4.62. The second-order valence-electron chi connectivity index (χ2n) is 5.29. The molecule has 4 atom stereocenters. The third-order valence-electron chi connectivity index (χ3n) is 3.97. The highest BCUT2D eigenvalue weighted by atomic mass is 35.5. The smallest absolute Gasteiger partial charge is 0.253 e. The van der Waals surface area contributed by atoms with Crippen LogP contribution in [0, 0.1) is 0 Å². The van der Waals surface area contributed by atoms with Gasteiger partial charge in [0.15, 0.2) is 6.23 Å². The summed E-state index contributed by atoms with van der Waals surface area (Å²) in [4.78, 5) is 19.7. The monoisotopic (exact) mass is 375 g/mol. The first kappa shape index (κ1) is 19.1. The molecule has 3 heterocycles. The number of aliphatic hydroxyl groups excluding tert-OH is 3. The van der Waals surface area contributed by atoms with E-state index in [2.05, 4.69) is 15.4 Å². The van der Waals surface area contributed by atoms with E-state index in [4.69, 9.17) is 22.0 Å². The van der Waals surface area contributed by atoms with E-state index in [0.717, 1.165) is 6.33 Å². The van der Waals surface area contributed by atoms with Crippen LogP contribution in [0.2, 0.25) is 0 Å². The molecule has 25 heavy (non-hydrogen) atoms. The standard InChI is InChI=1S/C12H17N7O5.ClH/c13-8-4-5(9(14)23)11(18-15)19(10(4)17-2-16-8)12-7(22)6(21)3(1-20)24-12;/h2-3,6-7,12,18,20-22H,1,15H2,(H2,14,23)(H2,13,16,17);1H. The van der Waals surface area contributed by atoms with E-state index < -0.39 is 37.1 Å². The number of hydrogen-bond donors (Lipinski definition) is 7. The van der Waals surface area contributed by atoms with Crippen molar-refractivity contribution in [3.8, 4) is 0 Å². The molecule has 0 aromatic carbocycles. The summed E-state index contributed by atoms with van der Waals surface area (Å²) in [5, 5.41) is 29.6. The number of aromatic nitrogens is 3. The number of carbonyl (C=O) groups is 1. The van der Waals surface area contributed by atoms with Gasteiger partial charge < -0.3 is 36.9 Å². The number of nitrogens with zero attached hydrogens (tertiary/aromatic N) is 3. The zero-order valence-corrected chi connectivity index (χ0v) is 13.6. The van der Waals surface area contributed by atoms with Crippen LogP contribution in [0.1, 0.15) is 16.6 Å². The van der Waals surface area contributed by atoms with Crippen molar-refractivity contribution in [2.45, 2.75) is 24.5 Å². The third-order valence-corrected chi connectivity index (χ3v) is 3.97. The van der Waals surface area contributed by atoms with Gasteiger partial charge in [-0.05, 0) is 0 Å². The van der Waals surface area contributed by atoms with Crippen molar-refractivity contribution in [3.05, 3.63) is 11.9 Å². The summed E-state index contributed by atoms with van der Waals surface area (Å²) >= 11 is 0. The van der Waals surface area contributed by atoms with Gasteiger partial charge in [0.05, 0.1) is 17.6 Å². The van der Waals surface area contributed by atoms with Crippen molar-refractivity contribution >= 4 is 41.0 Å². The number of hydrazine groups is 1. The Kier molecular flexibility index (Phi) is 5.31. The van der Waals surface area contributed by atoms with Gasteiger partial charge in [-0.3, -0.25) is 9.36 Å². The van der Waals surface area contributed by atoms with E-state index in [-0.39, 0.29) is 40.6 Å². The van der Waals surface area contributed by atoms with Gasteiger partial charge in [0, 0.05) is 0 Å². The molecule has 0 radical (unpaired) electrons. The Labute approximate surface area is 147 Å². The number of primary amides is 1. The lowest BCUT2D eigenvalue weighted by atomic mass is 10.1. The van der Waals surface area contributed by atoms with Crippen molar-refractivity contribution in [3.63, 3.8) is 0 Å². The Hall–Kier alpha value is -2.22. The van der Waals surface area contributed by atoms with Crippen LogP contribution in [-0.2, 0) is 4.74 Å². The molecule has 138 valence electrons. The second kappa shape index (κ2) is 6.95. The van der Waals surface area contributed by atoms with E-state index in [1.54, 1.807) is 0 Å². The zero-order chi connectivity index (χ0) is 17.6. The van der Waals surface area contributed by atoms with Gasteiger partial charge in [0.1, 0.15) is 41.9 Å². The highest BCUT2D eigenvalue weighted by Crippen LogP contribution is 2.39. The number of aliphatic hydroxyl groups is 3. The normalized spacial score (nSPS) is 25.8. The van der Waals surface area contributed by atoms with Gasteiger partial charge in [-0.25, -0.2) is 15.8 Å². The molecule has 1 aliphatic rings. The molecule has 13 heteroatoms. The van der Waals surface area contributed by atoms with Crippen LogP contribution >= 0.6 is 12.4 Å². The van der Waals surface area contributed by atoms with Crippen LogP contribution in [0.4, 0.5) is 11.6 Å². The van der Waals surface area contributed by atoms with Crippen LogP contribution in [0.3, 0.4) is 0 Å². The number of ether oxygens (including phenoxy) is 1. The highest BCUT2D eigenvalue weighted by molar-refractivity contribution is 6.13. The summed E-state index contributed by atoms with van der Waals surface area (Å²) < 4.78 is 6.72. The van der Waals surface area contributed by atoms with Crippen LogP contribution < -0.4 is 22.7 Å². The minimum atomic E-state index is -1.42. The molecule has 2 aromatic rings. The molecular formula is C12H18ClN7O5. The van der Waals surface area contributed by atoms with E-state index in [1.165, 1.54) is 4.57 Å². The number of nitrogen functional groups attached to an aromatic ring is 2. The molecule has 0 aliphatic carbocycles. The molecule has 0 spiro atoms. The van der Waals surface area contributed by atoms with E-state index in [1.807, 2.05) is 0 Å². The van der Waals surface area contributed by atoms with Gasteiger partial charge in [-0.2, -0.15) is 0 Å². The number of nitrogens with two attached hydrogens (primary N) is 3. The summed E-state index contributed by atoms with van der Waals surface area (Å²) in [5.41, 5.74) is 13.6. The van der Waals surface area contributed by atoms with Gasteiger partial charge in [0.2, 0.25) is 0 Å². The number of amides is 1. The van der Waals surface area contributed by atoms with Crippen molar-refractivity contribution in [2.24, 2.45) is 11.6 Å². The number of halogens is 1. The van der Waals surface area contributed by atoms with Crippen LogP contribution in [0.5, 0.6) is 0 Å². The van der Waals surface area contributed by atoms with Crippen LogP contribution in [0.25, 0.3) is 11.0 Å². The topological polar surface area (TPSA) is 208 Å². The Bertz CT molecular complexity index is 800. The average molecular weight is 376 g/mol. The predicted octanol–water partition coefficient (Wildman–Crippen LogP) is -2.57. The molecule has 4 unspecified atom stereocenters. The third kappa shape index (κ3) is 2.74. The predicted molar refractivity (Wildman–Crippen MR) is 88.5 cm³/mol. The molecule has 3 rings (SSSR count). The fraction of sp³-hybridized carbons (Fsp3) is 0.417. The summed E-state index contributed by atoms with van der Waals surface area (Å²) in [6.07, 6.45) is -3.82. The fourth-order valence-electron chi connectivity index (χ4n) is 2.88. The van der Waals surface area contributed by atoms with Crippen molar-refractivity contribution in [1.82, 2.24) is 14.5 Å². The SMILES string of the molecule is Cl.NNc1c(C(N)=O)c2c(N)ncnc2n1C1OC(CO)C(O)C1O. The van der Waals surface area contributed by atoms with E-state index in [0.29, 0.717) is 0 Å². The molecule has 1 fully saturated rings. The lowest BCUT2D eigenvalue weighted by Gasteiger charge is -2.20. The van der Waals surface area contributed by atoms with Gasteiger partial charge in [-0.1, -0.05) is 0 Å². The quantitative estimate of drug-likeness (QED) is 0.219. The molecule has 0 bridgehead atoms. The Morgan fingerprint density at radius 2 is 2.04 bits per heavy atom. The summed E-state index contributed by atoms with van der Waals surface area (Å²) in [6.45, 7) is -0.515. The summed E-state index contributed by atoms with van der Waals surface area (Å²) in [7, 11) is 0. The second-order valence-corrected chi connectivity index (χ2v) is 5.29. The maximum Gasteiger partial charge on any atom is 0.253 e. The number of anilines is 2. The minimum absolute atomic E-state index is 0. The first-order chi connectivity index (χ1) is 11.4. The lowest BCUT2D eigenvalue weighted by Crippen LogP contribution is -2.33. The number of hydrogen-bond acceptors (Lipinski definition) is 10. The minimum Gasteiger partial charge on any atom is -0.394 e. The van der Waals surface area contributed by atoms with Crippen molar-refractivity contribution in [1.29, 1.82) is 0 Å². The maximum atomic E-state index is 11.9. The molecule has 2 aromatic heterocycles. The summed E-state index contributed by atoms with van der Waals surface area (Å²) in [6, 6.07) is 0. The number of rotatable bonds is 4. The lowest BCUT2D eigenvalue weighted by molar-refractivity contribution is -0.0499. The average Bonchev–Trinajstić information content (AvgIpc) is 3.03. The zero-order valence-electron chi connectivity index (χ0n) is 12.7. The van der Waals surface area contributed by atoms with Crippen LogP contribution in [-0.4, -0.2) is 60.7 Å².